The number of nitrogen functional groups attached to an aromatic ring is 1. The minimum atomic E-state index is 0.102. The average molecular weight is 163 g/mol. The van der Waals surface area contributed by atoms with Crippen molar-refractivity contribution in [3.63, 3.8) is 0 Å². The van der Waals surface area contributed by atoms with E-state index in [1.165, 1.54) is 0 Å². The number of aliphatic hydroxyl groups excluding tert-OH is 1. The van der Waals surface area contributed by atoms with Crippen LogP contribution in [0.4, 0.5) is 5.69 Å². The number of hydrogen-bond acceptors (Lipinski definition) is 2. The summed E-state index contributed by atoms with van der Waals surface area (Å²) in [6.07, 6.45) is 1.93. The van der Waals surface area contributed by atoms with Crippen LogP contribution < -0.4 is 5.73 Å². The number of rotatable bonds is 2. The summed E-state index contributed by atoms with van der Waals surface area (Å²) < 4.78 is 0. The molecule has 0 heterocycles. The molecule has 64 valence electrons. The maximum absolute atomic E-state index is 8.76. The molecule has 2 nitrogen and oxygen atoms in total. The maximum atomic E-state index is 8.76. The molecular formula is C10H13NO. The van der Waals surface area contributed by atoms with Gasteiger partial charge in [-0.3, -0.25) is 0 Å². The molecule has 0 aromatic heterocycles. The summed E-state index contributed by atoms with van der Waals surface area (Å²) in [6.45, 7) is 1.99. The van der Waals surface area contributed by atoms with Gasteiger partial charge in [0.1, 0.15) is 0 Å². The third-order valence-electron chi connectivity index (χ3n) is 1.60. The number of hydrogen-bond donors (Lipinski definition) is 2. The average Bonchev–Trinajstić information content (AvgIpc) is 2.09. The molecular weight excluding hydrogens is 150 g/mol. The van der Waals surface area contributed by atoms with Crippen LogP contribution >= 0.6 is 0 Å². The van der Waals surface area contributed by atoms with Gasteiger partial charge in [-0.05, 0) is 30.2 Å². The molecule has 0 aliphatic rings. The van der Waals surface area contributed by atoms with Crippen LogP contribution in [0.5, 0.6) is 0 Å². The first-order chi connectivity index (χ1) is 5.72. The lowest BCUT2D eigenvalue weighted by Gasteiger charge is -1.97. The van der Waals surface area contributed by atoms with Crippen LogP contribution in [0, 0.1) is 0 Å². The van der Waals surface area contributed by atoms with E-state index in [4.69, 9.17) is 10.8 Å². The van der Waals surface area contributed by atoms with E-state index in [0.717, 1.165) is 16.8 Å². The second-order valence-electron chi connectivity index (χ2n) is 2.82. The molecule has 1 aromatic rings. The van der Waals surface area contributed by atoms with Gasteiger partial charge in [0.15, 0.2) is 0 Å². The Bertz CT molecular complexity index is 274. The molecule has 1 rings (SSSR count). The Kier molecular flexibility index (Phi) is 2.88. The zero-order valence-corrected chi connectivity index (χ0v) is 7.12. The Morgan fingerprint density at radius 3 is 2.50 bits per heavy atom. The lowest BCUT2D eigenvalue weighted by Crippen LogP contribution is -1.85. The molecule has 0 bridgehead atoms. The van der Waals surface area contributed by atoms with E-state index in [9.17, 15) is 0 Å². The minimum absolute atomic E-state index is 0.102. The van der Waals surface area contributed by atoms with Gasteiger partial charge in [-0.1, -0.05) is 18.2 Å². The van der Waals surface area contributed by atoms with Crippen LogP contribution in [0.3, 0.4) is 0 Å². The summed E-state index contributed by atoms with van der Waals surface area (Å²) in [4.78, 5) is 0. The summed E-state index contributed by atoms with van der Waals surface area (Å²) in [6, 6.07) is 7.54. The Balaban J connectivity index is 2.84. The quantitative estimate of drug-likeness (QED) is 0.651. The first-order valence-electron chi connectivity index (χ1n) is 3.86. The predicted molar refractivity (Wildman–Crippen MR) is 51.6 cm³/mol. The highest BCUT2D eigenvalue weighted by molar-refractivity contribution is 5.55. The second kappa shape index (κ2) is 3.93. The van der Waals surface area contributed by atoms with Gasteiger partial charge in [0.2, 0.25) is 0 Å². The molecule has 0 radical (unpaired) electrons. The first kappa shape index (κ1) is 8.81. The molecule has 0 atom stereocenters. The zero-order valence-electron chi connectivity index (χ0n) is 7.12. The lowest BCUT2D eigenvalue weighted by atomic mass is 10.1. The third-order valence-corrected chi connectivity index (χ3v) is 1.60. The molecule has 0 saturated heterocycles. The van der Waals surface area contributed by atoms with E-state index >= 15 is 0 Å². The molecule has 0 fully saturated rings. The molecule has 0 aliphatic heterocycles. The van der Waals surface area contributed by atoms with E-state index in [2.05, 4.69) is 0 Å². The summed E-state index contributed by atoms with van der Waals surface area (Å²) >= 11 is 0. The Hall–Kier alpha value is -1.28. The van der Waals surface area contributed by atoms with Gasteiger partial charge in [0.25, 0.3) is 0 Å². The topological polar surface area (TPSA) is 46.2 Å². The van der Waals surface area contributed by atoms with E-state index in [0.29, 0.717) is 0 Å². The standard InChI is InChI=1S/C10H13NO/c1-8(7-12)6-9-2-4-10(11)5-3-9/h2-6,12H,7,11H2,1H3. The number of benzene rings is 1. The van der Waals surface area contributed by atoms with Crippen molar-refractivity contribution < 1.29 is 5.11 Å². The molecule has 0 spiro atoms. The van der Waals surface area contributed by atoms with Crippen LogP contribution in [0.2, 0.25) is 0 Å². The van der Waals surface area contributed by atoms with Crippen LogP contribution in [-0.4, -0.2) is 11.7 Å². The van der Waals surface area contributed by atoms with Crippen molar-refractivity contribution in [1.29, 1.82) is 0 Å². The molecule has 12 heavy (non-hydrogen) atoms. The molecule has 2 heteroatoms. The monoisotopic (exact) mass is 163 g/mol. The SMILES string of the molecule is CC(=Cc1ccc(N)cc1)CO. The normalized spacial score (nSPS) is 11.7. The van der Waals surface area contributed by atoms with Crippen LogP contribution in [0.1, 0.15) is 12.5 Å². The first-order valence-corrected chi connectivity index (χ1v) is 3.86. The summed E-state index contributed by atoms with van der Waals surface area (Å²) in [5.74, 6) is 0. The van der Waals surface area contributed by atoms with Crippen LogP contribution in [0.15, 0.2) is 29.8 Å². The predicted octanol–water partition coefficient (Wildman–Crippen LogP) is 1.66. The molecule has 0 saturated carbocycles. The molecule has 0 unspecified atom stereocenters. The van der Waals surface area contributed by atoms with Crippen molar-refractivity contribution in [3.05, 3.63) is 35.4 Å². The third kappa shape index (κ3) is 2.40. The van der Waals surface area contributed by atoms with Crippen molar-refractivity contribution in [2.24, 2.45) is 0 Å². The fourth-order valence-corrected chi connectivity index (χ4v) is 0.922. The van der Waals surface area contributed by atoms with Gasteiger partial charge in [-0.2, -0.15) is 0 Å². The fraction of sp³-hybridized carbons (Fsp3) is 0.200. The van der Waals surface area contributed by atoms with Crippen molar-refractivity contribution in [1.82, 2.24) is 0 Å². The maximum Gasteiger partial charge on any atom is 0.0642 e. The van der Waals surface area contributed by atoms with Gasteiger partial charge in [0, 0.05) is 5.69 Å². The smallest absolute Gasteiger partial charge is 0.0642 e. The van der Waals surface area contributed by atoms with E-state index in [1.54, 1.807) is 0 Å². The number of aliphatic hydroxyl groups is 1. The van der Waals surface area contributed by atoms with Gasteiger partial charge >= 0.3 is 0 Å². The second-order valence-corrected chi connectivity index (χ2v) is 2.82. The van der Waals surface area contributed by atoms with E-state index < -0.39 is 0 Å². The molecule has 3 N–H and O–H groups in total. The lowest BCUT2D eigenvalue weighted by molar-refractivity contribution is 0.332. The van der Waals surface area contributed by atoms with Crippen molar-refractivity contribution in [2.45, 2.75) is 6.92 Å². The molecule has 0 amide bonds. The van der Waals surface area contributed by atoms with Crippen LogP contribution in [0.25, 0.3) is 6.08 Å². The van der Waals surface area contributed by atoms with E-state index in [1.807, 2.05) is 37.3 Å². The number of anilines is 1. The summed E-state index contributed by atoms with van der Waals surface area (Å²) in [5, 5.41) is 8.76. The van der Waals surface area contributed by atoms with Gasteiger partial charge in [-0.15, -0.1) is 0 Å². The summed E-state index contributed by atoms with van der Waals surface area (Å²) in [5.41, 5.74) is 8.29. The summed E-state index contributed by atoms with van der Waals surface area (Å²) in [7, 11) is 0. The van der Waals surface area contributed by atoms with Crippen LogP contribution in [-0.2, 0) is 0 Å². The highest BCUT2D eigenvalue weighted by Crippen LogP contribution is 2.09. The molecule has 0 aliphatic carbocycles. The van der Waals surface area contributed by atoms with E-state index in [-0.39, 0.29) is 6.61 Å². The highest BCUT2D eigenvalue weighted by Gasteiger charge is 1.89. The Labute approximate surface area is 72.3 Å². The Morgan fingerprint density at radius 1 is 1.42 bits per heavy atom. The highest BCUT2D eigenvalue weighted by atomic mass is 16.3. The van der Waals surface area contributed by atoms with Gasteiger partial charge in [0.05, 0.1) is 6.61 Å². The van der Waals surface area contributed by atoms with Crippen molar-refractivity contribution in [3.8, 4) is 0 Å². The molecule has 1 aromatic carbocycles. The zero-order chi connectivity index (χ0) is 8.97. The minimum Gasteiger partial charge on any atom is -0.399 e. The van der Waals surface area contributed by atoms with Gasteiger partial charge < -0.3 is 10.8 Å². The van der Waals surface area contributed by atoms with Crippen molar-refractivity contribution >= 4 is 11.8 Å². The van der Waals surface area contributed by atoms with Crippen molar-refractivity contribution in [2.75, 3.05) is 12.3 Å². The van der Waals surface area contributed by atoms with Gasteiger partial charge in [-0.25, -0.2) is 0 Å². The largest absolute Gasteiger partial charge is 0.399 e. The number of nitrogens with two attached hydrogens (primary N) is 1. The Morgan fingerprint density at radius 2 is 2.00 bits per heavy atom. The fourth-order valence-electron chi connectivity index (χ4n) is 0.922.